The Morgan fingerprint density at radius 2 is 2.09 bits per heavy atom. The second kappa shape index (κ2) is 7.53. The van der Waals surface area contributed by atoms with Crippen LogP contribution in [0.1, 0.15) is 5.69 Å². The number of piperazine rings is 1. The number of aromatic nitrogens is 2. The number of nitrogens with one attached hydrogen (secondary N) is 2. The quantitative estimate of drug-likeness (QED) is 0.791. The number of alkyl halides is 3. The number of amides is 2. The van der Waals surface area contributed by atoms with E-state index in [0.29, 0.717) is 26.2 Å². The van der Waals surface area contributed by atoms with Crippen LogP contribution in [0.25, 0.3) is 0 Å². The van der Waals surface area contributed by atoms with Crippen LogP contribution in [0.3, 0.4) is 0 Å². The first-order valence-corrected chi connectivity index (χ1v) is 7.29. The third-order valence-corrected chi connectivity index (χ3v) is 3.37. The standard InChI is InChI=1S/C13H20F3N5O2/c1-10-8-11(19-18-10)20-3-5-21(6-4-20)12(22)17-2-7-23-9-13(14,15)16/h8H,2-7,9H2,1H3,(H,17,22)(H,18,19). The molecule has 2 amide bonds. The van der Waals surface area contributed by atoms with Crippen molar-refractivity contribution in [3.05, 3.63) is 11.8 Å². The molecule has 0 aromatic carbocycles. The second-order valence-electron chi connectivity index (χ2n) is 5.28. The Bertz CT molecular complexity index is 512. The zero-order valence-electron chi connectivity index (χ0n) is 12.8. The number of halogens is 3. The first kappa shape index (κ1) is 17.4. The minimum atomic E-state index is -4.34. The van der Waals surface area contributed by atoms with Gasteiger partial charge in [0.15, 0.2) is 5.82 Å². The van der Waals surface area contributed by atoms with Crippen molar-refractivity contribution in [2.75, 3.05) is 50.8 Å². The number of hydrogen-bond donors (Lipinski definition) is 2. The van der Waals surface area contributed by atoms with Gasteiger partial charge >= 0.3 is 12.2 Å². The topological polar surface area (TPSA) is 73.5 Å². The molecule has 0 atom stereocenters. The summed E-state index contributed by atoms with van der Waals surface area (Å²) in [5.41, 5.74) is 0.971. The maximum Gasteiger partial charge on any atom is 0.411 e. The average molecular weight is 335 g/mol. The first-order chi connectivity index (χ1) is 10.8. The maximum absolute atomic E-state index is 11.9. The van der Waals surface area contributed by atoms with Crippen molar-refractivity contribution in [3.8, 4) is 0 Å². The molecule has 0 unspecified atom stereocenters. The van der Waals surface area contributed by atoms with Crippen LogP contribution in [0.15, 0.2) is 6.07 Å². The largest absolute Gasteiger partial charge is 0.411 e. The lowest BCUT2D eigenvalue weighted by Gasteiger charge is -2.34. The summed E-state index contributed by atoms with van der Waals surface area (Å²) in [6, 6.07) is 1.65. The van der Waals surface area contributed by atoms with Crippen LogP contribution in [0.5, 0.6) is 0 Å². The zero-order valence-corrected chi connectivity index (χ0v) is 12.8. The Morgan fingerprint density at radius 1 is 1.39 bits per heavy atom. The third kappa shape index (κ3) is 5.62. The molecule has 1 aliphatic rings. The highest BCUT2D eigenvalue weighted by Gasteiger charge is 2.27. The molecule has 0 spiro atoms. The van der Waals surface area contributed by atoms with E-state index in [1.165, 1.54) is 0 Å². The van der Waals surface area contributed by atoms with E-state index in [4.69, 9.17) is 0 Å². The molecule has 0 radical (unpaired) electrons. The summed E-state index contributed by atoms with van der Waals surface area (Å²) in [4.78, 5) is 15.6. The molecule has 1 aromatic rings. The van der Waals surface area contributed by atoms with Gasteiger partial charge in [0.05, 0.1) is 6.61 Å². The minimum absolute atomic E-state index is 0.0493. The SMILES string of the molecule is Cc1cc(N2CCN(C(=O)NCCOCC(F)(F)F)CC2)n[nH]1. The molecule has 1 aliphatic heterocycles. The number of hydrogen-bond acceptors (Lipinski definition) is 4. The van der Waals surface area contributed by atoms with Gasteiger partial charge in [-0.2, -0.15) is 18.3 Å². The molecule has 1 aromatic heterocycles. The lowest BCUT2D eigenvalue weighted by atomic mass is 10.3. The molecule has 130 valence electrons. The summed E-state index contributed by atoms with van der Waals surface area (Å²) < 4.78 is 40.1. The molecule has 0 bridgehead atoms. The van der Waals surface area contributed by atoms with E-state index in [0.717, 1.165) is 11.5 Å². The van der Waals surface area contributed by atoms with E-state index in [1.807, 2.05) is 13.0 Å². The Hall–Kier alpha value is -1.97. The van der Waals surface area contributed by atoms with Crippen LogP contribution in [0.4, 0.5) is 23.8 Å². The van der Waals surface area contributed by atoms with Crippen molar-refractivity contribution in [1.82, 2.24) is 20.4 Å². The van der Waals surface area contributed by atoms with Gasteiger partial charge in [-0.15, -0.1) is 0 Å². The summed E-state index contributed by atoms with van der Waals surface area (Å²) in [6.07, 6.45) is -4.34. The van der Waals surface area contributed by atoms with Crippen molar-refractivity contribution in [1.29, 1.82) is 0 Å². The fourth-order valence-corrected chi connectivity index (χ4v) is 2.23. The lowest BCUT2D eigenvalue weighted by molar-refractivity contribution is -0.173. The fourth-order valence-electron chi connectivity index (χ4n) is 2.23. The maximum atomic E-state index is 11.9. The summed E-state index contributed by atoms with van der Waals surface area (Å²) in [5, 5.41) is 9.60. The first-order valence-electron chi connectivity index (χ1n) is 7.29. The smallest absolute Gasteiger partial charge is 0.370 e. The second-order valence-corrected chi connectivity index (χ2v) is 5.28. The predicted molar refractivity (Wildman–Crippen MR) is 77.4 cm³/mol. The van der Waals surface area contributed by atoms with Crippen molar-refractivity contribution < 1.29 is 22.7 Å². The number of aryl methyl sites for hydroxylation is 1. The highest BCUT2D eigenvalue weighted by molar-refractivity contribution is 5.74. The number of ether oxygens (including phenoxy) is 1. The van der Waals surface area contributed by atoms with Gasteiger partial charge in [0.25, 0.3) is 0 Å². The van der Waals surface area contributed by atoms with Crippen LogP contribution in [0, 0.1) is 6.92 Å². The molecule has 0 saturated carbocycles. The number of rotatable bonds is 5. The van der Waals surface area contributed by atoms with Crippen molar-refractivity contribution in [3.63, 3.8) is 0 Å². The van der Waals surface area contributed by atoms with E-state index in [9.17, 15) is 18.0 Å². The molecule has 1 fully saturated rings. The molecular formula is C13H20F3N5O2. The van der Waals surface area contributed by atoms with Gasteiger partial charge in [-0.05, 0) is 6.92 Å². The summed E-state index contributed by atoms with van der Waals surface area (Å²) in [5.74, 6) is 0.850. The average Bonchev–Trinajstić information content (AvgIpc) is 2.92. The van der Waals surface area contributed by atoms with E-state index in [2.05, 4.69) is 25.2 Å². The summed E-state index contributed by atoms with van der Waals surface area (Å²) in [7, 11) is 0. The van der Waals surface area contributed by atoms with E-state index < -0.39 is 12.8 Å². The van der Waals surface area contributed by atoms with Gasteiger partial charge < -0.3 is 19.9 Å². The normalized spacial score (nSPS) is 15.8. The fraction of sp³-hybridized carbons (Fsp3) is 0.692. The molecule has 7 nitrogen and oxygen atoms in total. The molecule has 1 saturated heterocycles. The minimum Gasteiger partial charge on any atom is -0.370 e. The van der Waals surface area contributed by atoms with Gasteiger partial charge in [0.1, 0.15) is 6.61 Å². The van der Waals surface area contributed by atoms with Crippen LogP contribution in [0.2, 0.25) is 0 Å². The van der Waals surface area contributed by atoms with Crippen molar-refractivity contribution in [2.45, 2.75) is 13.1 Å². The predicted octanol–water partition coefficient (Wildman–Crippen LogP) is 1.13. The van der Waals surface area contributed by atoms with Gasteiger partial charge in [-0.3, -0.25) is 5.10 Å². The zero-order chi connectivity index (χ0) is 16.9. The lowest BCUT2D eigenvalue weighted by Crippen LogP contribution is -2.52. The highest BCUT2D eigenvalue weighted by atomic mass is 19.4. The molecule has 10 heteroatoms. The van der Waals surface area contributed by atoms with E-state index in [-0.39, 0.29) is 19.2 Å². The third-order valence-electron chi connectivity index (χ3n) is 3.37. The van der Waals surface area contributed by atoms with Crippen molar-refractivity contribution >= 4 is 11.8 Å². The van der Waals surface area contributed by atoms with Crippen LogP contribution < -0.4 is 10.2 Å². The van der Waals surface area contributed by atoms with Crippen LogP contribution in [-0.4, -0.2) is 73.2 Å². The van der Waals surface area contributed by atoms with E-state index >= 15 is 0 Å². The number of carbonyl (C=O) groups excluding carboxylic acids is 1. The molecule has 23 heavy (non-hydrogen) atoms. The number of aromatic amines is 1. The number of nitrogens with zero attached hydrogens (tertiary/aromatic N) is 3. The highest BCUT2D eigenvalue weighted by Crippen LogP contribution is 2.15. The molecule has 2 N–H and O–H groups in total. The van der Waals surface area contributed by atoms with Crippen LogP contribution in [-0.2, 0) is 4.74 Å². The van der Waals surface area contributed by atoms with Gasteiger partial charge in [0, 0.05) is 44.5 Å². The Balaban J connectivity index is 1.64. The number of anilines is 1. The van der Waals surface area contributed by atoms with Crippen molar-refractivity contribution in [2.24, 2.45) is 0 Å². The molecule has 0 aliphatic carbocycles. The summed E-state index contributed by atoms with van der Waals surface area (Å²) in [6.45, 7) is 2.87. The van der Waals surface area contributed by atoms with Gasteiger partial charge in [0.2, 0.25) is 0 Å². The Kier molecular flexibility index (Phi) is 5.69. The molecule has 2 heterocycles. The van der Waals surface area contributed by atoms with E-state index in [1.54, 1.807) is 4.90 Å². The Morgan fingerprint density at radius 3 is 2.65 bits per heavy atom. The molecular weight excluding hydrogens is 315 g/mol. The number of carbonyl (C=O) groups is 1. The number of urea groups is 1. The Labute approximate surface area is 131 Å². The number of H-pyrrole nitrogens is 1. The monoisotopic (exact) mass is 335 g/mol. The van der Waals surface area contributed by atoms with Gasteiger partial charge in [-0.1, -0.05) is 0 Å². The van der Waals surface area contributed by atoms with Crippen LogP contribution >= 0.6 is 0 Å². The molecule has 2 rings (SSSR count). The summed E-state index contributed by atoms with van der Waals surface area (Å²) >= 11 is 0. The van der Waals surface area contributed by atoms with Gasteiger partial charge in [-0.25, -0.2) is 4.79 Å².